The molecule has 1 nitrogen and oxygen atoms in total. The number of nitrogens with one attached hydrogen (secondary N) is 1. The van der Waals surface area contributed by atoms with Gasteiger partial charge in [-0.15, -0.1) is 0 Å². The van der Waals surface area contributed by atoms with Crippen LogP contribution in [0.4, 0.5) is 4.39 Å². The van der Waals surface area contributed by atoms with Gasteiger partial charge in [0.2, 0.25) is 0 Å². The normalized spacial score (nSPS) is 25.1. The molecule has 1 fully saturated rings. The van der Waals surface area contributed by atoms with Crippen molar-refractivity contribution in [3.63, 3.8) is 0 Å². The average molecular weight is 258 g/mol. The van der Waals surface area contributed by atoms with Gasteiger partial charge in [0.05, 0.1) is 0 Å². The predicted octanol–water partition coefficient (Wildman–Crippen LogP) is 2.91. The minimum Gasteiger partial charge on any atom is -0.319 e. The van der Waals surface area contributed by atoms with Crippen molar-refractivity contribution < 1.29 is 4.39 Å². The van der Waals surface area contributed by atoms with E-state index < -0.39 is 0 Å². The summed E-state index contributed by atoms with van der Waals surface area (Å²) in [5.74, 6) is 1.16. The second kappa shape index (κ2) is 3.99. The van der Waals surface area contributed by atoms with Crippen molar-refractivity contribution in [1.82, 2.24) is 5.32 Å². The Morgan fingerprint density at radius 3 is 3.00 bits per heavy atom. The van der Waals surface area contributed by atoms with Crippen molar-refractivity contribution in [2.45, 2.75) is 12.3 Å². The monoisotopic (exact) mass is 257 g/mol. The quantitative estimate of drug-likeness (QED) is 0.879. The Hall–Kier alpha value is -0.410. The van der Waals surface area contributed by atoms with E-state index in [1.165, 1.54) is 18.1 Å². The first-order valence-corrected chi connectivity index (χ1v) is 5.61. The summed E-state index contributed by atoms with van der Waals surface area (Å²) in [6.07, 6.45) is 1.21. The maximum Gasteiger partial charge on any atom is 0.124 e. The molecular weight excluding hydrogens is 245 g/mol. The zero-order chi connectivity index (χ0) is 10.1. The number of hydrogen-bond acceptors (Lipinski definition) is 1. The van der Waals surface area contributed by atoms with Crippen LogP contribution in [-0.2, 0) is 0 Å². The van der Waals surface area contributed by atoms with Gasteiger partial charge in [0, 0.05) is 4.47 Å². The Morgan fingerprint density at radius 2 is 2.36 bits per heavy atom. The highest BCUT2D eigenvalue weighted by atomic mass is 79.9. The molecule has 1 aromatic rings. The van der Waals surface area contributed by atoms with Crippen LogP contribution in [0.5, 0.6) is 0 Å². The maximum atomic E-state index is 12.8. The van der Waals surface area contributed by atoms with Crippen LogP contribution in [0, 0.1) is 11.7 Å². The smallest absolute Gasteiger partial charge is 0.124 e. The van der Waals surface area contributed by atoms with Gasteiger partial charge in [-0.05, 0) is 49.5 Å². The molecule has 0 amide bonds. The lowest BCUT2D eigenvalue weighted by molar-refractivity contribution is 0.625. The molecule has 0 aliphatic heterocycles. The Labute approximate surface area is 91.8 Å². The van der Waals surface area contributed by atoms with Gasteiger partial charge in [-0.2, -0.15) is 0 Å². The lowest BCUT2D eigenvalue weighted by Gasteiger charge is -2.03. The molecule has 0 aromatic heterocycles. The van der Waals surface area contributed by atoms with Crippen LogP contribution >= 0.6 is 15.9 Å². The van der Waals surface area contributed by atoms with E-state index >= 15 is 0 Å². The van der Waals surface area contributed by atoms with Gasteiger partial charge in [-0.25, -0.2) is 4.39 Å². The first-order chi connectivity index (χ1) is 6.72. The predicted molar refractivity (Wildman–Crippen MR) is 58.9 cm³/mol. The number of hydrogen-bond donors (Lipinski definition) is 1. The molecule has 2 atom stereocenters. The molecule has 14 heavy (non-hydrogen) atoms. The highest BCUT2D eigenvalue weighted by Crippen LogP contribution is 2.49. The fourth-order valence-corrected chi connectivity index (χ4v) is 2.56. The van der Waals surface area contributed by atoms with E-state index in [1.807, 2.05) is 13.1 Å². The first kappa shape index (κ1) is 10.1. The maximum absolute atomic E-state index is 12.8. The highest BCUT2D eigenvalue weighted by Gasteiger charge is 2.38. The summed E-state index contributed by atoms with van der Waals surface area (Å²) < 4.78 is 13.7. The molecule has 2 rings (SSSR count). The van der Waals surface area contributed by atoms with Crippen molar-refractivity contribution in [3.8, 4) is 0 Å². The molecule has 0 heterocycles. The second-order valence-electron chi connectivity index (χ2n) is 3.83. The second-order valence-corrected chi connectivity index (χ2v) is 4.68. The van der Waals surface area contributed by atoms with Gasteiger partial charge in [-0.1, -0.05) is 22.0 Å². The fourth-order valence-electron chi connectivity index (χ4n) is 1.92. The minimum atomic E-state index is -0.175. The summed E-state index contributed by atoms with van der Waals surface area (Å²) >= 11 is 3.41. The molecule has 0 radical (unpaired) electrons. The van der Waals surface area contributed by atoms with Gasteiger partial charge in [0.15, 0.2) is 0 Å². The Balaban J connectivity index is 2.11. The van der Waals surface area contributed by atoms with Gasteiger partial charge in [0.25, 0.3) is 0 Å². The molecule has 0 bridgehead atoms. The average Bonchev–Trinajstić information content (AvgIpc) is 2.84. The molecule has 3 heteroatoms. The van der Waals surface area contributed by atoms with E-state index in [0.717, 1.165) is 16.9 Å². The summed E-state index contributed by atoms with van der Waals surface area (Å²) in [6, 6.07) is 4.97. The van der Waals surface area contributed by atoms with Crippen LogP contribution < -0.4 is 5.32 Å². The molecular formula is C11H13BrFN. The zero-order valence-electron chi connectivity index (χ0n) is 8.06. The molecule has 2 unspecified atom stereocenters. The van der Waals surface area contributed by atoms with Crippen molar-refractivity contribution in [1.29, 1.82) is 0 Å². The van der Waals surface area contributed by atoms with Crippen LogP contribution in [0.1, 0.15) is 17.9 Å². The summed E-state index contributed by atoms with van der Waals surface area (Å²) in [5, 5.41) is 3.17. The molecule has 1 aliphatic carbocycles. The SMILES string of the molecule is CNCC1CC1c1ccc(F)cc1Br. The van der Waals surface area contributed by atoms with Crippen LogP contribution in [-0.4, -0.2) is 13.6 Å². The van der Waals surface area contributed by atoms with E-state index in [1.54, 1.807) is 6.07 Å². The van der Waals surface area contributed by atoms with E-state index in [-0.39, 0.29) is 5.82 Å². The Kier molecular flexibility index (Phi) is 2.88. The summed E-state index contributed by atoms with van der Waals surface area (Å²) in [4.78, 5) is 0. The van der Waals surface area contributed by atoms with Crippen LogP contribution in [0.3, 0.4) is 0 Å². The molecule has 1 aliphatic rings. The van der Waals surface area contributed by atoms with Crippen LogP contribution in [0.25, 0.3) is 0 Å². The number of rotatable bonds is 3. The first-order valence-electron chi connectivity index (χ1n) is 4.82. The van der Waals surface area contributed by atoms with E-state index in [2.05, 4.69) is 21.2 Å². The third-order valence-corrected chi connectivity index (χ3v) is 3.44. The lowest BCUT2D eigenvalue weighted by Crippen LogP contribution is -2.10. The topological polar surface area (TPSA) is 12.0 Å². The number of benzene rings is 1. The third kappa shape index (κ3) is 1.98. The molecule has 76 valence electrons. The Bertz CT molecular complexity index is 340. The van der Waals surface area contributed by atoms with Gasteiger partial charge < -0.3 is 5.32 Å². The van der Waals surface area contributed by atoms with Gasteiger partial charge in [-0.3, -0.25) is 0 Å². The van der Waals surface area contributed by atoms with E-state index in [0.29, 0.717) is 5.92 Å². The summed E-state index contributed by atoms with van der Waals surface area (Å²) in [5.41, 5.74) is 1.24. The molecule has 1 saturated carbocycles. The molecule has 0 saturated heterocycles. The highest BCUT2D eigenvalue weighted by molar-refractivity contribution is 9.10. The van der Waals surface area contributed by atoms with Crippen LogP contribution in [0.2, 0.25) is 0 Å². The lowest BCUT2D eigenvalue weighted by atomic mass is 10.1. The third-order valence-electron chi connectivity index (χ3n) is 2.75. The summed E-state index contributed by atoms with van der Waals surface area (Å²) in [6.45, 7) is 1.05. The van der Waals surface area contributed by atoms with Crippen molar-refractivity contribution in [3.05, 3.63) is 34.1 Å². The van der Waals surface area contributed by atoms with Gasteiger partial charge in [0.1, 0.15) is 5.82 Å². The van der Waals surface area contributed by atoms with Crippen molar-refractivity contribution in [2.75, 3.05) is 13.6 Å². The zero-order valence-corrected chi connectivity index (χ0v) is 9.64. The molecule has 1 N–H and O–H groups in total. The standard InChI is InChI=1S/C11H13BrFN/c1-14-6-7-4-10(7)9-3-2-8(13)5-11(9)12/h2-3,5,7,10,14H,4,6H2,1H3. The van der Waals surface area contributed by atoms with Crippen molar-refractivity contribution >= 4 is 15.9 Å². The van der Waals surface area contributed by atoms with E-state index in [9.17, 15) is 4.39 Å². The number of halogens is 2. The fraction of sp³-hybridized carbons (Fsp3) is 0.455. The Morgan fingerprint density at radius 1 is 1.57 bits per heavy atom. The van der Waals surface area contributed by atoms with Crippen LogP contribution in [0.15, 0.2) is 22.7 Å². The van der Waals surface area contributed by atoms with Crippen molar-refractivity contribution in [2.24, 2.45) is 5.92 Å². The summed E-state index contributed by atoms with van der Waals surface area (Å²) in [7, 11) is 1.97. The largest absolute Gasteiger partial charge is 0.319 e. The van der Waals surface area contributed by atoms with E-state index in [4.69, 9.17) is 0 Å². The molecule has 1 aromatic carbocycles. The molecule has 0 spiro atoms. The van der Waals surface area contributed by atoms with Gasteiger partial charge >= 0.3 is 0 Å². The minimum absolute atomic E-state index is 0.175.